The first-order valence-electron chi connectivity index (χ1n) is 6.60. The lowest BCUT2D eigenvalue weighted by atomic mass is 10.1. The number of nitrogens with two attached hydrogens (primary N) is 1. The fraction of sp³-hybridized carbons (Fsp3) is 0.692. The zero-order chi connectivity index (χ0) is 15.5. The minimum absolute atomic E-state index is 0.00652. The average molecular weight is 300 g/mol. The van der Waals surface area contributed by atoms with E-state index in [0.717, 1.165) is 0 Å². The van der Waals surface area contributed by atoms with Crippen molar-refractivity contribution in [3.05, 3.63) is 0 Å². The molecule has 1 amide bonds. The summed E-state index contributed by atoms with van der Waals surface area (Å²) < 4.78 is 9.68. The molecular formula is C13H24N4O2S. The molecule has 114 valence electrons. The van der Waals surface area contributed by atoms with Crippen LogP contribution in [-0.4, -0.2) is 28.0 Å². The van der Waals surface area contributed by atoms with Crippen molar-refractivity contribution in [3.8, 4) is 5.75 Å². The van der Waals surface area contributed by atoms with Gasteiger partial charge >= 0.3 is 0 Å². The normalized spacial score (nSPS) is 13.2. The summed E-state index contributed by atoms with van der Waals surface area (Å²) in [6.45, 7) is 11.4. The predicted octanol–water partition coefficient (Wildman–Crippen LogP) is 2.23. The molecule has 0 aromatic carbocycles. The number of nitrogens with one attached hydrogen (secondary N) is 2. The Balaban J connectivity index is 2.75. The molecule has 7 heteroatoms. The molecule has 0 saturated carbocycles. The summed E-state index contributed by atoms with van der Waals surface area (Å²) >= 11 is 1.19. The Morgan fingerprint density at radius 1 is 1.35 bits per heavy atom. The van der Waals surface area contributed by atoms with Crippen LogP contribution < -0.4 is 21.1 Å². The van der Waals surface area contributed by atoms with Gasteiger partial charge in [-0.3, -0.25) is 4.79 Å². The molecule has 0 aliphatic rings. The second kappa shape index (κ2) is 6.30. The number of nitrogens with zero attached hydrogens (tertiary/aromatic N) is 1. The molecule has 0 spiro atoms. The maximum absolute atomic E-state index is 12.0. The van der Waals surface area contributed by atoms with Crippen molar-refractivity contribution in [2.45, 2.75) is 59.2 Å². The van der Waals surface area contributed by atoms with Crippen molar-refractivity contribution in [1.82, 2.24) is 9.69 Å². The van der Waals surface area contributed by atoms with Gasteiger partial charge in [-0.1, -0.05) is 0 Å². The van der Waals surface area contributed by atoms with Gasteiger partial charge in [-0.2, -0.15) is 4.37 Å². The number of nitrogen functional groups attached to an aromatic ring is 1. The molecule has 0 aliphatic carbocycles. The molecule has 0 saturated heterocycles. The number of amides is 1. The van der Waals surface area contributed by atoms with Gasteiger partial charge in [0.15, 0.2) is 16.6 Å². The van der Waals surface area contributed by atoms with Gasteiger partial charge in [0.1, 0.15) is 6.04 Å². The van der Waals surface area contributed by atoms with E-state index in [9.17, 15) is 4.79 Å². The number of ether oxygens (including phenoxy) is 1. The molecule has 1 heterocycles. The summed E-state index contributed by atoms with van der Waals surface area (Å²) in [6.07, 6.45) is -0.00652. The highest BCUT2D eigenvalue weighted by Crippen LogP contribution is 2.36. The molecule has 0 aliphatic heterocycles. The van der Waals surface area contributed by atoms with Crippen molar-refractivity contribution in [3.63, 3.8) is 0 Å². The fourth-order valence-corrected chi connectivity index (χ4v) is 2.21. The van der Waals surface area contributed by atoms with Crippen LogP contribution in [0, 0.1) is 0 Å². The number of aromatic nitrogens is 1. The lowest BCUT2D eigenvalue weighted by Crippen LogP contribution is -2.47. The van der Waals surface area contributed by atoms with Gasteiger partial charge in [0.25, 0.3) is 0 Å². The first-order valence-corrected chi connectivity index (χ1v) is 7.38. The van der Waals surface area contributed by atoms with Crippen LogP contribution in [0.2, 0.25) is 0 Å². The Morgan fingerprint density at radius 3 is 2.45 bits per heavy atom. The Bertz CT molecular complexity index is 465. The molecule has 1 rings (SSSR count). The second-order valence-corrected chi connectivity index (χ2v) is 6.77. The van der Waals surface area contributed by atoms with E-state index in [4.69, 9.17) is 10.5 Å². The van der Waals surface area contributed by atoms with Crippen molar-refractivity contribution >= 4 is 28.3 Å². The van der Waals surface area contributed by atoms with Gasteiger partial charge in [-0.25, -0.2) is 0 Å². The number of rotatable bonds is 5. The molecule has 4 N–H and O–H groups in total. The number of anilines is 2. The highest BCUT2D eigenvalue weighted by atomic mass is 32.1. The van der Waals surface area contributed by atoms with Gasteiger partial charge in [0.05, 0.1) is 6.10 Å². The van der Waals surface area contributed by atoms with E-state index in [2.05, 4.69) is 15.0 Å². The molecule has 0 radical (unpaired) electrons. The van der Waals surface area contributed by atoms with Gasteiger partial charge in [0, 0.05) is 5.54 Å². The second-order valence-electron chi connectivity index (χ2n) is 6.00. The van der Waals surface area contributed by atoms with Crippen LogP contribution in [0.25, 0.3) is 0 Å². The summed E-state index contributed by atoms with van der Waals surface area (Å²) in [6, 6.07) is -0.399. The Morgan fingerprint density at radius 2 is 1.95 bits per heavy atom. The predicted molar refractivity (Wildman–Crippen MR) is 83.3 cm³/mol. The number of hydrogen-bond acceptors (Lipinski definition) is 6. The topological polar surface area (TPSA) is 89.3 Å². The van der Waals surface area contributed by atoms with Crippen molar-refractivity contribution < 1.29 is 9.53 Å². The summed E-state index contributed by atoms with van der Waals surface area (Å²) in [5.74, 6) is 0.773. The van der Waals surface area contributed by atoms with Crippen molar-refractivity contribution in [2.24, 2.45) is 0 Å². The number of hydrogen-bond donors (Lipinski definition) is 3. The maximum atomic E-state index is 12.0. The smallest absolute Gasteiger partial charge is 0.242 e. The summed E-state index contributed by atoms with van der Waals surface area (Å²) in [5, 5.41) is 6.69. The van der Waals surface area contributed by atoms with Crippen LogP contribution in [-0.2, 0) is 4.79 Å². The lowest BCUT2D eigenvalue weighted by molar-refractivity contribution is -0.122. The van der Waals surface area contributed by atoms with Gasteiger partial charge in [0.2, 0.25) is 5.91 Å². The molecular weight excluding hydrogens is 276 g/mol. The molecule has 1 atom stereocenters. The summed E-state index contributed by atoms with van der Waals surface area (Å²) in [5.41, 5.74) is 5.51. The molecule has 1 aromatic rings. The number of carbonyl (C=O) groups is 1. The number of carbonyl (C=O) groups excluding carboxylic acids is 1. The monoisotopic (exact) mass is 300 g/mol. The van der Waals surface area contributed by atoms with Gasteiger partial charge in [-0.05, 0) is 53.1 Å². The Kier molecular flexibility index (Phi) is 5.21. The third-order valence-corrected chi connectivity index (χ3v) is 3.04. The zero-order valence-corrected chi connectivity index (χ0v) is 13.7. The van der Waals surface area contributed by atoms with Crippen LogP contribution in [0.3, 0.4) is 0 Å². The lowest BCUT2D eigenvalue weighted by Gasteiger charge is -2.24. The van der Waals surface area contributed by atoms with Gasteiger partial charge in [-0.15, -0.1) is 0 Å². The third-order valence-electron chi connectivity index (χ3n) is 2.27. The first-order chi connectivity index (χ1) is 9.10. The van der Waals surface area contributed by atoms with Crippen LogP contribution in [0.1, 0.15) is 41.5 Å². The standard InChI is InChI=1S/C13H24N4O2S/c1-7(2)19-9-10(14)17-20-12(9)15-8(3)11(18)16-13(4,5)6/h7-8,15H,1-6H3,(H2,14,17)(H,16,18). The largest absolute Gasteiger partial charge is 0.484 e. The van der Waals surface area contributed by atoms with E-state index in [-0.39, 0.29) is 17.6 Å². The molecule has 0 bridgehead atoms. The van der Waals surface area contributed by atoms with Crippen molar-refractivity contribution in [1.29, 1.82) is 0 Å². The Hall–Kier alpha value is -1.50. The quantitative estimate of drug-likeness (QED) is 0.776. The van der Waals surface area contributed by atoms with E-state index >= 15 is 0 Å². The van der Waals surface area contributed by atoms with Crippen LogP contribution >= 0.6 is 11.5 Å². The Labute approximate surface area is 124 Å². The van der Waals surface area contributed by atoms with Crippen LogP contribution in [0.15, 0.2) is 0 Å². The van der Waals surface area contributed by atoms with E-state index in [1.807, 2.05) is 34.6 Å². The highest BCUT2D eigenvalue weighted by molar-refractivity contribution is 7.11. The van der Waals surface area contributed by atoms with Crippen LogP contribution in [0.4, 0.5) is 10.8 Å². The molecule has 1 aromatic heterocycles. The highest BCUT2D eigenvalue weighted by Gasteiger charge is 2.22. The first kappa shape index (κ1) is 16.6. The van der Waals surface area contributed by atoms with E-state index in [0.29, 0.717) is 16.6 Å². The van der Waals surface area contributed by atoms with E-state index in [1.165, 1.54) is 11.5 Å². The van der Waals surface area contributed by atoms with Crippen molar-refractivity contribution in [2.75, 3.05) is 11.1 Å². The minimum Gasteiger partial charge on any atom is -0.484 e. The average Bonchev–Trinajstić information content (AvgIpc) is 2.58. The summed E-state index contributed by atoms with van der Waals surface area (Å²) in [4.78, 5) is 12.0. The van der Waals surface area contributed by atoms with Gasteiger partial charge < -0.3 is 21.1 Å². The minimum atomic E-state index is -0.399. The molecule has 20 heavy (non-hydrogen) atoms. The van der Waals surface area contributed by atoms with Crippen LogP contribution in [0.5, 0.6) is 5.75 Å². The molecule has 1 unspecified atom stereocenters. The van der Waals surface area contributed by atoms with E-state index in [1.54, 1.807) is 6.92 Å². The van der Waals surface area contributed by atoms with E-state index < -0.39 is 6.04 Å². The third kappa shape index (κ3) is 4.88. The fourth-order valence-electron chi connectivity index (χ4n) is 1.48. The molecule has 0 fully saturated rings. The zero-order valence-electron chi connectivity index (χ0n) is 12.9. The summed E-state index contributed by atoms with van der Waals surface area (Å²) in [7, 11) is 0. The maximum Gasteiger partial charge on any atom is 0.242 e. The molecule has 6 nitrogen and oxygen atoms in total. The SMILES string of the molecule is CC(C)Oc1c(N)nsc1NC(C)C(=O)NC(C)(C)C.